The first-order valence-corrected chi connectivity index (χ1v) is 9.21. The van der Waals surface area contributed by atoms with Gasteiger partial charge in [-0.2, -0.15) is 0 Å². The lowest BCUT2D eigenvalue weighted by Gasteiger charge is -2.45. The number of rotatable bonds is 1. The molecule has 1 aromatic rings. The zero-order valence-electron chi connectivity index (χ0n) is 14.3. The second-order valence-electron chi connectivity index (χ2n) is 7.59. The fourth-order valence-corrected chi connectivity index (χ4v) is 4.05. The lowest BCUT2D eigenvalue weighted by atomic mass is 9.83. The summed E-state index contributed by atoms with van der Waals surface area (Å²) in [6, 6.07) is 5.12. The molecule has 2 bridgehead atoms. The molecule has 3 rings (SSSR count). The molecule has 2 heterocycles. The van der Waals surface area contributed by atoms with E-state index < -0.39 is 5.60 Å². The third-order valence-corrected chi connectivity index (χ3v) is 4.93. The molecule has 2 unspecified atom stereocenters. The predicted octanol–water partition coefficient (Wildman–Crippen LogP) is 5.53. The maximum Gasteiger partial charge on any atom is 0.411 e. The number of fused-ring (bicyclic) bond motifs is 2. The molecule has 24 heavy (non-hydrogen) atoms. The van der Waals surface area contributed by atoms with Crippen molar-refractivity contribution in [1.29, 1.82) is 0 Å². The summed E-state index contributed by atoms with van der Waals surface area (Å²) in [6.45, 7) is 5.66. The van der Waals surface area contributed by atoms with E-state index in [1.807, 2.05) is 31.7 Å². The summed E-state index contributed by atoms with van der Waals surface area (Å²) in [5, 5.41) is 0. The summed E-state index contributed by atoms with van der Waals surface area (Å²) in [5.41, 5.74) is 1.51. The Morgan fingerprint density at radius 2 is 2.04 bits per heavy atom. The molecule has 0 aromatic heterocycles. The van der Waals surface area contributed by atoms with Crippen molar-refractivity contribution >= 4 is 27.6 Å². The molecule has 0 N–H and O–H groups in total. The third kappa shape index (κ3) is 3.82. The van der Waals surface area contributed by atoms with Crippen molar-refractivity contribution in [1.82, 2.24) is 4.90 Å². The predicted molar refractivity (Wildman–Crippen MR) is 96.2 cm³/mol. The number of carbonyl (C=O) groups excluding carboxylic acids is 1. The van der Waals surface area contributed by atoms with Gasteiger partial charge in [0, 0.05) is 10.5 Å². The maximum atomic E-state index is 13.7. The van der Waals surface area contributed by atoms with Gasteiger partial charge < -0.3 is 4.74 Å². The standard InChI is InChI=1S/C19H23BrFNO2/c1-19(2,3)24-18(23)22-16-5-4-6-17(22)10-13(9-16)12-7-14(20)11-15(21)8-12/h7-9,11,16-17H,4-6,10H2,1-3H3. The van der Waals surface area contributed by atoms with Crippen LogP contribution < -0.4 is 0 Å². The summed E-state index contributed by atoms with van der Waals surface area (Å²) >= 11 is 3.36. The highest BCUT2D eigenvalue weighted by Gasteiger charge is 2.39. The largest absolute Gasteiger partial charge is 0.444 e. The van der Waals surface area contributed by atoms with Gasteiger partial charge in [0.15, 0.2) is 0 Å². The Bertz CT molecular complexity index is 660. The second-order valence-corrected chi connectivity index (χ2v) is 8.51. The van der Waals surface area contributed by atoms with E-state index in [1.165, 1.54) is 6.07 Å². The van der Waals surface area contributed by atoms with Crippen molar-refractivity contribution in [3.8, 4) is 0 Å². The lowest BCUT2D eigenvalue weighted by Crippen LogP contribution is -2.53. The SMILES string of the molecule is CC(C)(C)OC(=O)N1C2C=C(c3cc(F)cc(Br)c3)CC1CCC2. The monoisotopic (exact) mass is 395 g/mol. The third-order valence-electron chi connectivity index (χ3n) is 4.47. The smallest absolute Gasteiger partial charge is 0.411 e. The first-order valence-electron chi connectivity index (χ1n) is 8.41. The molecule has 130 valence electrons. The van der Waals surface area contributed by atoms with Gasteiger partial charge in [0.1, 0.15) is 11.4 Å². The molecule has 0 radical (unpaired) electrons. The van der Waals surface area contributed by atoms with E-state index in [-0.39, 0.29) is 24.0 Å². The van der Waals surface area contributed by atoms with Crippen LogP contribution in [-0.4, -0.2) is 28.7 Å². The molecular formula is C19H23BrFNO2. The van der Waals surface area contributed by atoms with Gasteiger partial charge in [0.05, 0.1) is 6.04 Å². The molecule has 2 aliphatic heterocycles. The Balaban J connectivity index is 1.88. The molecular weight excluding hydrogens is 373 g/mol. The van der Waals surface area contributed by atoms with Gasteiger partial charge in [-0.15, -0.1) is 0 Å². The first-order chi connectivity index (χ1) is 11.2. The molecule has 2 atom stereocenters. The fourth-order valence-electron chi connectivity index (χ4n) is 3.58. The normalized spacial score (nSPS) is 23.7. The Labute approximate surface area is 151 Å². The van der Waals surface area contributed by atoms with Crippen LogP contribution in [0, 0.1) is 5.82 Å². The van der Waals surface area contributed by atoms with Crippen molar-refractivity contribution < 1.29 is 13.9 Å². The Hall–Kier alpha value is -1.36. The zero-order chi connectivity index (χ0) is 17.5. The van der Waals surface area contributed by atoms with Crippen LogP contribution in [0.4, 0.5) is 9.18 Å². The van der Waals surface area contributed by atoms with Gasteiger partial charge >= 0.3 is 6.09 Å². The second kappa shape index (κ2) is 6.51. The number of ether oxygens (including phenoxy) is 1. The Morgan fingerprint density at radius 3 is 2.67 bits per heavy atom. The molecule has 2 aliphatic rings. The number of carbonyl (C=O) groups is 1. The van der Waals surface area contributed by atoms with Gasteiger partial charge in [-0.05, 0) is 75.8 Å². The van der Waals surface area contributed by atoms with Crippen LogP contribution in [0.3, 0.4) is 0 Å². The van der Waals surface area contributed by atoms with Crippen molar-refractivity contribution in [2.24, 2.45) is 0 Å². The van der Waals surface area contributed by atoms with Gasteiger partial charge in [0.25, 0.3) is 0 Å². The van der Waals surface area contributed by atoms with E-state index in [1.54, 1.807) is 6.07 Å². The highest BCUT2D eigenvalue weighted by molar-refractivity contribution is 9.10. The molecule has 1 aromatic carbocycles. The quantitative estimate of drug-likeness (QED) is 0.625. The van der Waals surface area contributed by atoms with Gasteiger partial charge in [-0.3, -0.25) is 4.90 Å². The van der Waals surface area contributed by atoms with Crippen LogP contribution >= 0.6 is 15.9 Å². The summed E-state index contributed by atoms with van der Waals surface area (Å²) < 4.78 is 20.0. The Kier molecular flexibility index (Phi) is 4.73. The van der Waals surface area contributed by atoms with E-state index in [4.69, 9.17) is 4.74 Å². The minimum atomic E-state index is -0.497. The van der Waals surface area contributed by atoms with Crippen LogP contribution in [0.1, 0.15) is 52.0 Å². The number of halogens is 2. The first kappa shape index (κ1) is 17.5. The highest BCUT2D eigenvalue weighted by Crippen LogP contribution is 2.38. The minimum Gasteiger partial charge on any atom is -0.444 e. The number of piperidine rings is 1. The van der Waals surface area contributed by atoms with Gasteiger partial charge in [-0.1, -0.05) is 22.0 Å². The average Bonchev–Trinajstić information content (AvgIpc) is 2.42. The summed E-state index contributed by atoms with van der Waals surface area (Å²) in [7, 11) is 0. The van der Waals surface area contributed by atoms with Crippen molar-refractivity contribution in [3.63, 3.8) is 0 Å². The van der Waals surface area contributed by atoms with Gasteiger partial charge in [-0.25, -0.2) is 9.18 Å². The summed E-state index contributed by atoms with van der Waals surface area (Å²) in [4.78, 5) is 14.5. The van der Waals surface area contributed by atoms with Crippen molar-refractivity contribution in [2.75, 3.05) is 0 Å². The topological polar surface area (TPSA) is 29.5 Å². The number of hydrogen-bond acceptors (Lipinski definition) is 2. The molecule has 1 amide bonds. The van der Waals surface area contributed by atoms with Crippen LogP contribution in [0.5, 0.6) is 0 Å². The van der Waals surface area contributed by atoms with E-state index in [0.29, 0.717) is 0 Å². The van der Waals surface area contributed by atoms with Crippen LogP contribution in [0.15, 0.2) is 28.7 Å². The number of benzene rings is 1. The maximum absolute atomic E-state index is 13.7. The molecule has 1 saturated heterocycles. The number of hydrogen-bond donors (Lipinski definition) is 0. The van der Waals surface area contributed by atoms with Crippen LogP contribution in [0.25, 0.3) is 5.57 Å². The van der Waals surface area contributed by atoms with Crippen molar-refractivity contribution in [3.05, 3.63) is 40.1 Å². The number of nitrogens with zero attached hydrogens (tertiary/aromatic N) is 1. The molecule has 5 heteroatoms. The van der Waals surface area contributed by atoms with Crippen LogP contribution in [-0.2, 0) is 4.74 Å². The molecule has 0 spiro atoms. The summed E-state index contributed by atoms with van der Waals surface area (Å²) in [6.07, 6.45) is 5.60. The van der Waals surface area contributed by atoms with E-state index >= 15 is 0 Å². The van der Waals surface area contributed by atoms with E-state index in [9.17, 15) is 9.18 Å². The van der Waals surface area contributed by atoms with E-state index in [2.05, 4.69) is 22.0 Å². The number of amides is 1. The molecule has 1 fully saturated rings. The molecule has 0 aliphatic carbocycles. The Morgan fingerprint density at radius 1 is 1.29 bits per heavy atom. The fraction of sp³-hybridized carbons (Fsp3) is 0.526. The lowest BCUT2D eigenvalue weighted by molar-refractivity contribution is 0.0000824. The highest BCUT2D eigenvalue weighted by atomic mass is 79.9. The minimum absolute atomic E-state index is 0.0318. The van der Waals surface area contributed by atoms with Crippen molar-refractivity contribution in [2.45, 2.75) is 64.1 Å². The van der Waals surface area contributed by atoms with E-state index in [0.717, 1.165) is 41.3 Å². The molecule has 0 saturated carbocycles. The summed E-state index contributed by atoms with van der Waals surface area (Å²) in [5.74, 6) is -0.250. The average molecular weight is 396 g/mol. The molecule has 3 nitrogen and oxygen atoms in total. The zero-order valence-corrected chi connectivity index (χ0v) is 15.9. The van der Waals surface area contributed by atoms with Crippen LogP contribution in [0.2, 0.25) is 0 Å². The van der Waals surface area contributed by atoms with Gasteiger partial charge in [0.2, 0.25) is 0 Å².